The van der Waals surface area contributed by atoms with Crippen molar-refractivity contribution in [2.45, 2.75) is 389 Å². The number of hydrogen-bond donors (Lipinski definition) is 10. The van der Waals surface area contributed by atoms with Gasteiger partial charge < -0.3 is 62.0 Å². The fraction of sp³-hybridized carbons (Fsp3) is 0.921. The van der Waals surface area contributed by atoms with E-state index < -0.39 is 74.1 Å². The van der Waals surface area contributed by atoms with E-state index in [-0.39, 0.29) is 97.0 Å². The standard InChI is InChI=1S/C12H16N2O3S.2C11H23NO3S.C10H21NO3S.C9H21NO2S.C8H19NO3S.C7H17NO3S.7C3H8/c1-9(2)18(16,17)11-5-3-10(4-6-11)14-8-7-13-12(14)15;2*1-9(2)16(14,15)8-7-12-10-3-5-11(13)6-4-10;1-9(2)15(13,14)8-7-11-5-3-10(12)4-6-11;1-8(2)7-10-5-6-13(11,12)9(3)4;1-8(2)13(10,11)7-5-9-4-6-12-3;1-7(2)12(10,11)6-4-8-3-5-9;7*1-3-2/h3-6,9H,7-8H2,1-2H3,(H,13,15);2*9-13H,3-8H2,1-2H3;9-10,12H,3-8H2,1-2H3;8-10H,5-7H2,1-4H3;8-9H,4-7H2,1-3H3;7-9H,3-6H2,1-2H3;7*3H2,1-2H3. The first-order valence-corrected chi connectivity index (χ1v) is 58.4. The van der Waals surface area contributed by atoms with Crippen LogP contribution in [-0.2, 0) is 73.6 Å². The maximum absolute atomic E-state index is 11.9. The van der Waals surface area contributed by atoms with Gasteiger partial charge in [0.25, 0.3) is 0 Å². The molecule has 4 aliphatic rings. The third kappa shape index (κ3) is 82.8. The summed E-state index contributed by atoms with van der Waals surface area (Å²) in [6.45, 7) is 66.4. The van der Waals surface area contributed by atoms with Crippen molar-refractivity contribution >= 4 is 80.6 Å². The second-order valence-electron chi connectivity index (χ2n) is 33.7. The number of aliphatic hydroxyl groups excluding tert-OH is 4. The van der Waals surface area contributed by atoms with E-state index in [1.807, 2.05) is 0 Å². The highest BCUT2D eigenvalue weighted by atomic mass is 32.2. The molecule has 2 aliphatic heterocycles. The minimum atomic E-state index is -3.25. The number of benzene rings is 1. The van der Waals surface area contributed by atoms with Gasteiger partial charge >= 0.3 is 6.03 Å². The Morgan fingerprint density at radius 3 is 0.927 bits per heavy atom. The van der Waals surface area contributed by atoms with Crippen molar-refractivity contribution in [3.8, 4) is 0 Å². The summed E-state index contributed by atoms with van der Waals surface area (Å²) in [5, 5.41) is 52.3. The van der Waals surface area contributed by atoms with Crippen LogP contribution < -0.4 is 36.8 Å². The quantitative estimate of drug-likeness (QED) is 0.0279. The number of hydrogen-bond acceptors (Lipinski definition) is 26. The van der Waals surface area contributed by atoms with Crippen LogP contribution in [0.5, 0.6) is 0 Å². The number of methoxy groups -OCH3 is 1. The third-order valence-corrected chi connectivity index (χ3v) is 33.0. The number of carbonyl (C=O) groups is 1. The first-order chi connectivity index (χ1) is 57.4. The molecule has 2 aliphatic carbocycles. The number of nitrogens with zero attached hydrogens (tertiary/aromatic N) is 2. The van der Waals surface area contributed by atoms with Gasteiger partial charge in [0, 0.05) is 103 Å². The molecule has 0 radical (unpaired) electrons. The minimum absolute atomic E-state index is 0.0434. The lowest BCUT2D eigenvalue weighted by atomic mass is 9.93. The van der Waals surface area contributed by atoms with Crippen molar-refractivity contribution in [2.24, 2.45) is 5.92 Å². The topological polar surface area (TPSA) is 425 Å². The van der Waals surface area contributed by atoms with Crippen molar-refractivity contribution in [1.82, 2.24) is 36.8 Å². The van der Waals surface area contributed by atoms with E-state index in [1.54, 1.807) is 133 Å². The normalized spacial score (nSPS) is 16.8. The van der Waals surface area contributed by atoms with Crippen LogP contribution in [0, 0.1) is 5.92 Å². The Kier molecular flexibility index (Phi) is 95.6. The maximum atomic E-state index is 11.9. The average Bonchev–Trinajstić information content (AvgIpc) is 1.37. The summed E-state index contributed by atoms with van der Waals surface area (Å²) >= 11 is 0. The fourth-order valence-corrected chi connectivity index (χ4v) is 16.0. The highest BCUT2D eigenvalue weighted by Gasteiger charge is 2.27. The van der Waals surface area contributed by atoms with Crippen molar-refractivity contribution in [2.75, 3.05) is 145 Å². The van der Waals surface area contributed by atoms with E-state index in [2.05, 4.69) is 148 Å². The molecule has 2 saturated heterocycles. The van der Waals surface area contributed by atoms with Gasteiger partial charge in [0.05, 0.1) is 108 Å². The molecule has 0 unspecified atom stereocenters. The number of sulfone groups is 7. The Labute approximate surface area is 764 Å². The van der Waals surface area contributed by atoms with Crippen LogP contribution in [0.3, 0.4) is 0 Å². The molecule has 2 saturated carbocycles. The molecule has 5 rings (SSSR count). The fourth-order valence-electron chi connectivity index (χ4n) is 9.53. The van der Waals surface area contributed by atoms with Gasteiger partial charge in [0.1, 0.15) is 0 Å². The summed E-state index contributed by atoms with van der Waals surface area (Å²) < 4.78 is 166. The largest absolute Gasteiger partial charge is 0.395 e. The molecule has 2 heterocycles. The van der Waals surface area contributed by atoms with Gasteiger partial charge in [-0.2, -0.15) is 0 Å². The van der Waals surface area contributed by atoms with Crippen molar-refractivity contribution in [3.05, 3.63) is 24.3 Å². The van der Waals surface area contributed by atoms with E-state index in [4.69, 9.17) is 9.84 Å². The zero-order valence-corrected chi connectivity index (χ0v) is 90.0. The lowest BCUT2D eigenvalue weighted by Gasteiger charge is -2.29. The number of piperidine rings is 1. The Morgan fingerprint density at radius 1 is 0.379 bits per heavy atom. The number of nitrogens with one attached hydrogen (secondary N) is 6. The molecular formula is C89H196N8O20S7. The number of amides is 2. The first-order valence-electron chi connectivity index (χ1n) is 46.6. The molecule has 0 atom stereocenters. The molecule has 0 aromatic heterocycles. The molecule has 124 heavy (non-hydrogen) atoms. The minimum Gasteiger partial charge on any atom is -0.395 e. The maximum Gasteiger partial charge on any atom is 0.321 e. The predicted octanol–water partition coefficient (Wildman–Crippen LogP) is 13.5. The molecule has 10 N–H and O–H groups in total. The van der Waals surface area contributed by atoms with Crippen molar-refractivity contribution < 1.29 is 88.9 Å². The smallest absolute Gasteiger partial charge is 0.321 e. The van der Waals surface area contributed by atoms with E-state index >= 15 is 0 Å². The number of likely N-dealkylation sites (tertiary alicyclic amines) is 1. The summed E-state index contributed by atoms with van der Waals surface area (Å²) in [6.07, 6.45) is 16.9. The summed E-state index contributed by atoms with van der Waals surface area (Å²) in [5.41, 5.74) is 0.715. The zero-order valence-electron chi connectivity index (χ0n) is 84.3. The van der Waals surface area contributed by atoms with E-state index in [0.717, 1.165) is 83.8 Å². The molecule has 0 spiro atoms. The molecule has 28 nitrogen and oxygen atoms in total. The number of urea groups is 1. The second-order valence-corrected chi connectivity index (χ2v) is 52.3. The van der Waals surface area contributed by atoms with Gasteiger partial charge in [-0.15, -0.1) is 0 Å². The first kappa shape index (κ1) is 140. The lowest BCUT2D eigenvalue weighted by molar-refractivity contribution is 0.0855. The number of anilines is 1. The molecule has 0 bridgehead atoms. The molecular weight excluding hydrogens is 1730 g/mol. The van der Waals surface area contributed by atoms with Crippen LogP contribution in [-0.4, -0.2) is 297 Å². The van der Waals surface area contributed by atoms with Gasteiger partial charge in [-0.1, -0.05) is 156 Å². The molecule has 2 amide bonds. The van der Waals surface area contributed by atoms with E-state index in [9.17, 15) is 79.0 Å². The highest BCUT2D eigenvalue weighted by molar-refractivity contribution is 7.93. The van der Waals surface area contributed by atoms with Gasteiger partial charge in [0.2, 0.25) is 0 Å². The molecule has 1 aromatic rings. The molecule has 35 heteroatoms. The van der Waals surface area contributed by atoms with E-state index in [0.29, 0.717) is 101 Å². The van der Waals surface area contributed by atoms with Crippen LogP contribution in [0.15, 0.2) is 29.2 Å². The van der Waals surface area contributed by atoms with Crippen LogP contribution in [0.2, 0.25) is 0 Å². The number of aliphatic hydroxyl groups is 4. The average molecular weight is 1920 g/mol. The highest BCUT2D eigenvalue weighted by Crippen LogP contribution is 2.23. The third-order valence-electron chi connectivity index (χ3n) is 17.6. The van der Waals surface area contributed by atoms with Gasteiger partial charge in [-0.3, -0.25) is 4.90 Å². The summed E-state index contributed by atoms with van der Waals surface area (Å²) in [5.74, 6) is 1.83. The van der Waals surface area contributed by atoms with Crippen molar-refractivity contribution in [1.29, 1.82) is 0 Å². The Bertz CT molecular complexity index is 3290. The SMILES string of the molecule is CC(C)CNCCS(=O)(=O)C(C)C.CC(C)S(=O)(=O)CCN1CCC(O)CC1.CC(C)S(=O)(=O)CCNC1CCC(O)CC1.CC(C)S(=O)(=O)CCNC1CCC(O)CC1.CC(C)S(=O)(=O)CCNCCO.CC(C)S(=O)(=O)c1ccc(N2CCNC2=O)cc1.CCC.CCC.CCC.CCC.CCC.CCC.CCC.COCCNCCS(=O)(=O)C(C)C. The predicted molar refractivity (Wildman–Crippen MR) is 531 cm³/mol. The Morgan fingerprint density at radius 2 is 0.661 bits per heavy atom. The zero-order chi connectivity index (χ0) is 98.5. The van der Waals surface area contributed by atoms with E-state index in [1.165, 1.54) is 44.9 Å². The van der Waals surface area contributed by atoms with Gasteiger partial charge in [-0.05, 0) is 198 Å². The van der Waals surface area contributed by atoms with Crippen molar-refractivity contribution in [3.63, 3.8) is 0 Å². The molecule has 754 valence electrons. The number of ether oxygens (including phenoxy) is 1. The Hall–Kier alpha value is -2.30. The second kappa shape index (κ2) is 84.9. The lowest BCUT2D eigenvalue weighted by Crippen LogP contribution is -2.39. The molecule has 1 aromatic carbocycles. The van der Waals surface area contributed by atoms with Crippen LogP contribution in [0.25, 0.3) is 0 Å². The monoisotopic (exact) mass is 1920 g/mol. The van der Waals surface area contributed by atoms with Gasteiger partial charge in [0.15, 0.2) is 68.9 Å². The Balaban J connectivity index is -0.000000171. The van der Waals surface area contributed by atoms with Crippen LogP contribution in [0.4, 0.5) is 10.5 Å². The summed E-state index contributed by atoms with van der Waals surface area (Å²) in [7, 11) is -19.1. The number of rotatable bonds is 36. The van der Waals surface area contributed by atoms with Gasteiger partial charge in [-0.25, -0.2) is 63.7 Å². The van der Waals surface area contributed by atoms with Crippen LogP contribution >= 0.6 is 0 Å². The summed E-state index contributed by atoms with van der Waals surface area (Å²) in [4.78, 5) is 15.5. The summed E-state index contributed by atoms with van der Waals surface area (Å²) in [6, 6.07) is 7.05. The number of carbonyl (C=O) groups excluding carboxylic acids is 1. The molecule has 4 fully saturated rings. The van der Waals surface area contributed by atoms with Crippen LogP contribution in [0.1, 0.15) is 317 Å².